The highest BCUT2D eigenvalue weighted by Crippen LogP contribution is 2.39. The molecule has 4 heterocycles. The number of primary amides is 1. The highest BCUT2D eigenvalue weighted by atomic mass is 16.8. The summed E-state index contributed by atoms with van der Waals surface area (Å²) in [6.45, 7) is 5.47. The van der Waals surface area contributed by atoms with Gasteiger partial charge in [0.2, 0.25) is 18.0 Å². The van der Waals surface area contributed by atoms with E-state index in [4.69, 9.17) is 53.1 Å². The number of methoxy groups -OCH3 is 3. The summed E-state index contributed by atoms with van der Waals surface area (Å²) in [7, 11) is 4.15. The molecular weight excluding hydrogens is 698 g/mol. The van der Waals surface area contributed by atoms with Crippen LogP contribution in [0, 0.1) is 0 Å². The summed E-state index contributed by atoms with van der Waals surface area (Å²) in [6, 6.07) is 8.36. The lowest BCUT2D eigenvalue weighted by Gasteiger charge is -2.34. The standard InChI is InChI=1S/C36H49N3O14/c1-7-8-9-10-17-48-30-27(45-5)28(29(31(37)41)51-34-26-23(52-36(2,3)53-26)18-24(49-34)33(42)46-6)50-32(30)38-16-15-25(40)39(35(38)43)20-47-19-21-11-13-22(44-4)14-12-21/h11-16,18,23,26-30,32,34H,7-10,17,19-20H2,1-6H3,(H2,37,41)/t23-,26-,27+,28-,29+,30+,32+,34+/m0/s1. The summed E-state index contributed by atoms with van der Waals surface area (Å²) in [5, 5.41) is 0. The minimum Gasteiger partial charge on any atom is -0.497 e. The van der Waals surface area contributed by atoms with Gasteiger partial charge in [-0.2, -0.15) is 0 Å². The number of carbonyl (C=O) groups excluding carboxylic acids is 2. The molecule has 292 valence electrons. The van der Waals surface area contributed by atoms with Crippen LogP contribution in [0.15, 0.2) is 58.0 Å². The fourth-order valence-corrected chi connectivity index (χ4v) is 6.46. The number of nitrogens with zero attached hydrogens (tertiary/aromatic N) is 2. The fraction of sp³-hybridized carbons (Fsp3) is 0.611. The number of esters is 1. The molecule has 8 atom stereocenters. The molecule has 0 bridgehead atoms. The van der Waals surface area contributed by atoms with Crippen LogP contribution in [0.5, 0.6) is 5.75 Å². The van der Waals surface area contributed by atoms with E-state index in [-0.39, 0.29) is 25.7 Å². The lowest BCUT2D eigenvalue weighted by atomic mass is 10.0. The Morgan fingerprint density at radius 2 is 1.75 bits per heavy atom. The van der Waals surface area contributed by atoms with Crippen molar-refractivity contribution in [2.45, 2.75) is 115 Å². The Bertz CT molecular complexity index is 1710. The molecule has 1 aromatic carbocycles. The molecule has 0 spiro atoms. The van der Waals surface area contributed by atoms with E-state index in [9.17, 15) is 19.2 Å². The van der Waals surface area contributed by atoms with Crippen molar-refractivity contribution in [3.8, 4) is 5.75 Å². The summed E-state index contributed by atoms with van der Waals surface area (Å²) in [4.78, 5) is 52.5. The molecule has 2 saturated heterocycles. The van der Waals surface area contributed by atoms with Crippen molar-refractivity contribution < 1.29 is 57.0 Å². The smallest absolute Gasteiger partial charge is 0.373 e. The first-order valence-electron chi connectivity index (χ1n) is 17.5. The number of hydrogen-bond acceptors (Lipinski definition) is 14. The molecule has 0 saturated carbocycles. The van der Waals surface area contributed by atoms with Crippen LogP contribution in [-0.4, -0.2) is 97.6 Å². The van der Waals surface area contributed by atoms with Crippen molar-refractivity contribution in [2.24, 2.45) is 5.73 Å². The van der Waals surface area contributed by atoms with Gasteiger partial charge < -0.3 is 53.1 Å². The third-order valence-electron chi connectivity index (χ3n) is 9.06. The zero-order chi connectivity index (χ0) is 38.3. The number of unbranched alkanes of at least 4 members (excludes halogenated alkanes) is 3. The normalized spacial score (nSPS) is 26.7. The van der Waals surface area contributed by atoms with Gasteiger partial charge in [-0.25, -0.2) is 14.2 Å². The SMILES string of the molecule is CCCCCCO[C@@H]1[C@H](OC)[C@@H]([C@@H](O[C@H]2OC(C(=O)OC)=C[C@@H]3OC(C)(C)O[C@H]23)C(N)=O)O[C@H]1n1ccc(=O)n(COCc2ccc(OC)cc2)c1=O. The number of carbonyl (C=O) groups is 2. The Morgan fingerprint density at radius 3 is 2.42 bits per heavy atom. The first-order chi connectivity index (χ1) is 25.4. The van der Waals surface area contributed by atoms with Gasteiger partial charge in [0.05, 0.1) is 20.8 Å². The van der Waals surface area contributed by atoms with E-state index in [1.807, 2.05) is 0 Å². The number of benzene rings is 1. The van der Waals surface area contributed by atoms with Gasteiger partial charge in [-0.3, -0.25) is 14.2 Å². The topological polar surface area (TPSA) is 196 Å². The van der Waals surface area contributed by atoms with Crippen LogP contribution in [-0.2, 0) is 65.6 Å². The van der Waals surface area contributed by atoms with Gasteiger partial charge in [0.15, 0.2) is 24.2 Å². The van der Waals surface area contributed by atoms with E-state index in [1.165, 1.54) is 37.1 Å². The third-order valence-corrected chi connectivity index (χ3v) is 9.06. The summed E-state index contributed by atoms with van der Waals surface area (Å²) in [5.74, 6) is -2.39. The number of fused-ring (bicyclic) bond motifs is 1. The van der Waals surface area contributed by atoms with Crippen LogP contribution in [0.2, 0.25) is 0 Å². The lowest BCUT2D eigenvalue weighted by molar-refractivity contribution is -0.242. The van der Waals surface area contributed by atoms with Gasteiger partial charge in [0, 0.05) is 26.0 Å². The molecule has 5 rings (SSSR count). The van der Waals surface area contributed by atoms with E-state index in [2.05, 4.69) is 6.92 Å². The van der Waals surface area contributed by atoms with E-state index < -0.39 is 78.1 Å². The second-order valence-corrected chi connectivity index (χ2v) is 13.2. The van der Waals surface area contributed by atoms with Gasteiger partial charge in [-0.15, -0.1) is 0 Å². The number of amides is 1. The Kier molecular flexibility index (Phi) is 13.5. The summed E-state index contributed by atoms with van der Waals surface area (Å²) >= 11 is 0. The number of ether oxygens (including phenoxy) is 10. The number of aromatic nitrogens is 2. The third kappa shape index (κ3) is 9.35. The van der Waals surface area contributed by atoms with Crippen LogP contribution in [0.1, 0.15) is 58.2 Å². The van der Waals surface area contributed by atoms with Gasteiger partial charge in [-0.1, -0.05) is 38.3 Å². The molecule has 3 aliphatic rings. The minimum absolute atomic E-state index is 0.115. The molecule has 2 aromatic rings. The molecule has 0 radical (unpaired) electrons. The molecular formula is C36H49N3O14. The second-order valence-electron chi connectivity index (χ2n) is 13.2. The molecule has 0 unspecified atom stereocenters. The van der Waals surface area contributed by atoms with E-state index in [0.717, 1.165) is 29.4 Å². The molecule has 53 heavy (non-hydrogen) atoms. The Balaban J connectivity index is 1.43. The first kappa shape index (κ1) is 40.1. The van der Waals surface area contributed by atoms with Crippen molar-refractivity contribution in [1.82, 2.24) is 9.13 Å². The van der Waals surface area contributed by atoms with Crippen LogP contribution < -0.4 is 21.7 Å². The maximum atomic E-state index is 13.9. The quantitative estimate of drug-likeness (QED) is 0.171. The van der Waals surface area contributed by atoms with Crippen molar-refractivity contribution in [1.29, 1.82) is 0 Å². The highest BCUT2D eigenvalue weighted by molar-refractivity contribution is 5.86. The zero-order valence-electron chi connectivity index (χ0n) is 30.8. The van der Waals surface area contributed by atoms with E-state index >= 15 is 0 Å². The summed E-state index contributed by atoms with van der Waals surface area (Å²) in [5.41, 5.74) is 5.37. The summed E-state index contributed by atoms with van der Waals surface area (Å²) in [6.07, 6.45) is -2.86. The van der Waals surface area contributed by atoms with E-state index in [0.29, 0.717) is 12.2 Å². The van der Waals surface area contributed by atoms with E-state index in [1.54, 1.807) is 45.2 Å². The first-order valence-corrected chi connectivity index (χ1v) is 17.5. The zero-order valence-corrected chi connectivity index (χ0v) is 30.8. The predicted octanol–water partition coefficient (Wildman–Crippen LogP) is 1.87. The van der Waals surface area contributed by atoms with Gasteiger partial charge >= 0.3 is 11.7 Å². The van der Waals surface area contributed by atoms with Crippen LogP contribution in [0.25, 0.3) is 0 Å². The molecule has 2 fully saturated rings. The van der Waals surface area contributed by atoms with Crippen LogP contribution >= 0.6 is 0 Å². The average Bonchev–Trinajstić information content (AvgIpc) is 3.66. The van der Waals surface area contributed by atoms with Crippen molar-refractivity contribution in [2.75, 3.05) is 27.9 Å². The van der Waals surface area contributed by atoms with Gasteiger partial charge in [0.1, 0.15) is 36.9 Å². The van der Waals surface area contributed by atoms with Crippen molar-refractivity contribution in [3.05, 3.63) is 74.8 Å². The Hall–Kier alpha value is -4.10. The molecule has 3 aliphatic heterocycles. The van der Waals surface area contributed by atoms with Crippen LogP contribution in [0.3, 0.4) is 0 Å². The Morgan fingerprint density at radius 1 is 1.00 bits per heavy atom. The average molecular weight is 748 g/mol. The maximum absolute atomic E-state index is 13.9. The monoisotopic (exact) mass is 747 g/mol. The molecule has 2 N–H and O–H groups in total. The second kappa shape index (κ2) is 17.8. The summed E-state index contributed by atoms with van der Waals surface area (Å²) < 4.78 is 60.5. The molecule has 1 aromatic heterocycles. The van der Waals surface area contributed by atoms with Gasteiger partial charge in [0.25, 0.3) is 5.56 Å². The minimum atomic E-state index is -1.58. The maximum Gasteiger partial charge on any atom is 0.373 e. The predicted molar refractivity (Wildman–Crippen MR) is 184 cm³/mol. The number of hydrogen-bond donors (Lipinski definition) is 1. The van der Waals surface area contributed by atoms with Gasteiger partial charge in [-0.05, 0) is 44.0 Å². The lowest BCUT2D eigenvalue weighted by Crippen LogP contribution is -2.53. The fourth-order valence-electron chi connectivity index (χ4n) is 6.46. The van der Waals surface area contributed by atoms with Crippen LogP contribution in [0.4, 0.5) is 0 Å². The largest absolute Gasteiger partial charge is 0.497 e. The van der Waals surface area contributed by atoms with Crippen molar-refractivity contribution in [3.63, 3.8) is 0 Å². The molecule has 1 amide bonds. The number of nitrogens with two attached hydrogens (primary N) is 1. The molecule has 17 heteroatoms. The van der Waals surface area contributed by atoms with Crippen molar-refractivity contribution >= 4 is 11.9 Å². The molecule has 0 aliphatic carbocycles. The number of rotatable bonds is 18. The molecule has 17 nitrogen and oxygen atoms in total. The Labute approximate surface area is 306 Å². The highest BCUT2D eigenvalue weighted by Gasteiger charge is 2.56.